The molecule has 0 aromatic heterocycles. The predicted octanol–water partition coefficient (Wildman–Crippen LogP) is 4.93. The Kier molecular flexibility index (Phi) is 4.31. The van der Waals surface area contributed by atoms with Crippen molar-refractivity contribution in [2.24, 2.45) is 11.8 Å². The first kappa shape index (κ1) is 13.5. The van der Waals surface area contributed by atoms with E-state index in [1.165, 1.54) is 42.5 Å². The second-order valence-electron chi connectivity index (χ2n) is 6.19. The molecule has 1 aromatic rings. The number of aryl methyl sites for hydroxylation is 1. The van der Waals surface area contributed by atoms with Crippen molar-refractivity contribution in [2.45, 2.75) is 59.4 Å². The topological polar surface area (TPSA) is 12.0 Å². The second kappa shape index (κ2) is 5.77. The summed E-state index contributed by atoms with van der Waals surface area (Å²) in [5.41, 5.74) is 4.13. The Labute approximate surface area is 112 Å². The number of benzene rings is 1. The van der Waals surface area contributed by atoms with Crippen LogP contribution in [0.15, 0.2) is 18.2 Å². The van der Waals surface area contributed by atoms with Crippen LogP contribution in [0.4, 0.5) is 5.69 Å². The first-order valence-electron chi connectivity index (χ1n) is 7.42. The molecule has 1 aliphatic carbocycles. The van der Waals surface area contributed by atoms with E-state index >= 15 is 0 Å². The predicted molar refractivity (Wildman–Crippen MR) is 80.1 cm³/mol. The molecular formula is C17H27N. The molecule has 2 atom stereocenters. The van der Waals surface area contributed by atoms with Crippen molar-refractivity contribution in [2.75, 3.05) is 5.32 Å². The monoisotopic (exact) mass is 245 g/mol. The van der Waals surface area contributed by atoms with Crippen LogP contribution in [0, 0.1) is 25.7 Å². The maximum Gasteiger partial charge on any atom is 0.0374 e. The SMILES string of the molecule is Cc1cccc(NC2CCCCC2C(C)C)c1C. The highest BCUT2D eigenvalue weighted by Gasteiger charge is 2.27. The third-order valence-electron chi connectivity index (χ3n) is 4.62. The zero-order valence-electron chi connectivity index (χ0n) is 12.3. The van der Waals surface area contributed by atoms with Crippen LogP contribution in [0.3, 0.4) is 0 Å². The summed E-state index contributed by atoms with van der Waals surface area (Å²) in [4.78, 5) is 0. The standard InChI is InChI=1S/C17H27N/c1-12(2)15-9-5-6-10-17(15)18-16-11-7-8-13(3)14(16)4/h7-8,11-12,15,17-18H,5-6,9-10H2,1-4H3. The molecule has 2 unspecified atom stereocenters. The molecule has 0 bridgehead atoms. The molecule has 1 nitrogen and oxygen atoms in total. The van der Waals surface area contributed by atoms with Gasteiger partial charge in [-0.05, 0) is 55.7 Å². The van der Waals surface area contributed by atoms with Crippen LogP contribution in [-0.4, -0.2) is 6.04 Å². The number of rotatable bonds is 3. The lowest BCUT2D eigenvalue weighted by molar-refractivity contribution is 0.254. The van der Waals surface area contributed by atoms with E-state index in [0.29, 0.717) is 6.04 Å². The Hall–Kier alpha value is -0.980. The van der Waals surface area contributed by atoms with Gasteiger partial charge in [0.1, 0.15) is 0 Å². The van der Waals surface area contributed by atoms with E-state index in [0.717, 1.165) is 11.8 Å². The Bertz CT molecular complexity index is 395. The minimum atomic E-state index is 0.666. The zero-order valence-corrected chi connectivity index (χ0v) is 12.3. The molecule has 1 aromatic carbocycles. The average Bonchev–Trinajstić information content (AvgIpc) is 2.35. The first-order chi connectivity index (χ1) is 8.59. The van der Waals surface area contributed by atoms with E-state index in [2.05, 4.69) is 51.2 Å². The lowest BCUT2D eigenvalue weighted by Gasteiger charge is -2.36. The van der Waals surface area contributed by atoms with Crippen LogP contribution in [-0.2, 0) is 0 Å². The lowest BCUT2D eigenvalue weighted by Crippen LogP contribution is -2.35. The van der Waals surface area contributed by atoms with Crippen LogP contribution in [0.25, 0.3) is 0 Å². The molecule has 0 amide bonds. The molecule has 1 N–H and O–H groups in total. The van der Waals surface area contributed by atoms with Gasteiger partial charge in [0.25, 0.3) is 0 Å². The molecule has 0 heterocycles. The molecule has 0 saturated heterocycles. The average molecular weight is 245 g/mol. The van der Waals surface area contributed by atoms with Crippen LogP contribution in [0.1, 0.15) is 50.7 Å². The van der Waals surface area contributed by atoms with Gasteiger partial charge in [-0.15, -0.1) is 0 Å². The third kappa shape index (κ3) is 2.88. The molecule has 1 saturated carbocycles. The Morgan fingerprint density at radius 3 is 2.56 bits per heavy atom. The van der Waals surface area contributed by atoms with Gasteiger partial charge in [0.2, 0.25) is 0 Å². The second-order valence-corrected chi connectivity index (χ2v) is 6.19. The van der Waals surface area contributed by atoms with Crippen molar-refractivity contribution in [3.63, 3.8) is 0 Å². The molecule has 18 heavy (non-hydrogen) atoms. The molecule has 0 aliphatic heterocycles. The molecule has 100 valence electrons. The van der Waals surface area contributed by atoms with Crippen LogP contribution < -0.4 is 5.32 Å². The molecule has 0 radical (unpaired) electrons. The quantitative estimate of drug-likeness (QED) is 0.796. The summed E-state index contributed by atoms with van der Waals surface area (Å²) in [7, 11) is 0. The van der Waals surface area contributed by atoms with Gasteiger partial charge in [0.05, 0.1) is 0 Å². The smallest absolute Gasteiger partial charge is 0.0374 e. The van der Waals surface area contributed by atoms with Crippen LogP contribution >= 0.6 is 0 Å². The molecule has 1 fully saturated rings. The normalized spacial score (nSPS) is 24.3. The summed E-state index contributed by atoms with van der Waals surface area (Å²) in [6.45, 7) is 9.16. The fourth-order valence-electron chi connectivity index (χ4n) is 3.24. The minimum Gasteiger partial charge on any atom is -0.382 e. The fourth-order valence-corrected chi connectivity index (χ4v) is 3.24. The maximum atomic E-state index is 3.82. The van der Waals surface area contributed by atoms with Gasteiger partial charge in [0, 0.05) is 11.7 Å². The van der Waals surface area contributed by atoms with E-state index in [1.54, 1.807) is 0 Å². The van der Waals surface area contributed by atoms with Gasteiger partial charge in [-0.2, -0.15) is 0 Å². The van der Waals surface area contributed by atoms with E-state index in [1.807, 2.05) is 0 Å². The summed E-state index contributed by atoms with van der Waals surface area (Å²) < 4.78 is 0. The highest BCUT2D eigenvalue weighted by molar-refractivity contribution is 5.54. The summed E-state index contributed by atoms with van der Waals surface area (Å²) in [6.07, 6.45) is 5.51. The van der Waals surface area contributed by atoms with E-state index in [-0.39, 0.29) is 0 Å². The molecule has 1 heteroatoms. The van der Waals surface area contributed by atoms with E-state index < -0.39 is 0 Å². The lowest BCUT2D eigenvalue weighted by atomic mass is 9.77. The van der Waals surface area contributed by atoms with E-state index in [9.17, 15) is 0 Å². The molecule has 0 spiro atoms. The summed E-state index contributed by atoms with van der Waals surface area (Å²) >= 11 is 0. The van der Waals surface area contributed by atoms with Gasteiger partial charge < -0.3 is 5.32 Å². The fraction of sp³-hybridized carbons (Fsp3) is 0.647. The number of hydrogen-bond acceptors (Lipinski definition) is 1. The van der Waals surface area contributed by atoms with Crippen molar-refractivity contribution >= 4 is 5.69 Å². The van der Waals surface area contributed by atoms with Crippen LogP contribution in [0.5, 0.6) is 0 Å². The summed E-state index contributed by atoms with van der Waals surface area (Å²) in [5.74, 6) is 1.62. The number of nitrogens with one attached hydrogen (secondary N) is 1. The van der Waals surface area contributed by atoms with E-state index in [4.69, 9.17) is 0 Å². The van der Waals surface area contributed by atoms with Crippen molar-refractivity contribution in [3.05, 3.63) is 29.3 Å². The van der Waals surface area contributed by atoms with Gasteiger partial charge >= 0.3 is 0 Å². The molecular weight excluding hydrogens is 218 g/mol. The third-order valence-corrected chi connectivity index (χ3v) is 4.62. The van der Waals surface area contributed by atoms with Gasteiger partial charge in [-0.25, -0.2) is 0 Å². The first-order valence-corrected chi connectivity index (χ1v) is 7.42. The molecule has 1 aliphatic rings. The van der Waals surface area contributed by atoms with Gasteiger partial charge in [-0.1, -0.05) is 38.8 Å². The van der Waals surface area contributed by atoms with Crippen LogP contribution in [0.2, 0.25) is 0 Å². The highest BCUT2D eigenvalue weighted by Crippen LogP contribution is 2.33. The zero-order chi connectivity index (χ0) is 13.1. The van der Waals surface area contributed by atoms with Gasteiger partial charge in [-0.3, -0.25) is 0 Å². The Morgan fingerprint density at radius 1 is 1.11 bits per heavy atom. The number of hydrogen-bond donors (Lipinski definition) is 1. The largest absolute Gasteiger partial charge is 0.382 e. The number of anilines is 1. The summed E-state index contributed by atoms with van der Waals surface area (Å²) in [6, 6.07) is 7.26. The molecule has 2 rings (SSSR count). The van der Waals surface area contributed by atoms with Crippen molar-refractivity contribution in [1.82, 2.24) is 0 Å². The Morgan fingerprint density at radius 2 is 1.83 bits per heavy atom. The minimum absolute atomic E-state index is 0.666. The van der Waals surface area contributed by atoms with Crippen molar-refractivity contribution < 1.29 is 0 Å². The van der Waals surface area contributed by atoms with Crippen molar-refractivity contribution in [1.29, 1.82) is 0 Å². The summed E-state index contributed by atoms with van der Waals surface area (Å²) in [5, 5.41) is 3.82. The highest BCUT2D eigenvalue weighted by atomic mass is 14.9. The Balaban J connectivity index is 2.13. The maximum absolute atomic E-state index is 3.82. The van der Waals surface area contributed by atoms with Crippen molar-refractivity contribution in [3.8, 4) is 0 Å². The van der Waals surface area contributed by atoms with Gasteiger partial charge in [0.15, 0.2) is 0 Å².